The highest BCUT2D eigenvalue weighted by molar-refractivity contribution is 5.84. The molecule has 0 aromatic heterocycles. The van der Waals surface area contributed by atoms with Crippen LogP contribution >= 0.6 is 0 Å². The van der Waals surface area contributed by atoms with Crippen molar-refractivity contribution in [2.24, 2.45) is 0 Å². The summed E-state index contributed by atoms with van der Waals surface area (Å²) in [5.74, 6) is -0.298. The summed E-state index contributed by atoms with van der Waals surface area (Å²) in [6.45, 7) is 6.85. The van der Waals surface area contributed by atoms with Gasteiger partial charge in [0.15, 0.2) is 0 Å². The van der Waals surface area contributed by atoms with Gasteiger partial charge in [-0.15, -0.1) is 0 Å². The van der Waals surface area contributed by atoms with E-state index in [2.05, 4.69) is 10.2 Å². The zero-order chi connectivity index (χ0) is 16.5. The summed E-state index contributed by atoms with van der Waals surface area (Å²) < 4.78 is 5.32. The molecule has 1 fully saturated rings. The van der Waals surface area contributed by atoms with Gasteiger partial charge in [-0.1, -0.05) is 30.3 Å². The highest BCUT2D eigenvalue weighted by Crippen LogP contribution is 2.13. The van der Waals surface area contributed by atoms with Gasteiger partial charge < -0.3 is 15.2 Å². The van der Waals surface area contributed by atoms with Crippen molar-refractivity contribution in [2.45, 2.75) is 31.8 Å². The van der Waals surface area contributed by atoms with Crippen molar-refractivity contribution in [2.75, 3.05) is 39.4 Å². The maximum atomic E-state index is 12.1. The van der Waals surface area contributed by atoms with Crippen LogP contribution in [0.1, 0.15) is 25.3 Å². The Morgan fingerprint density at radius 2 is 1.96 bits per heavy atom. The second-order valence-electron chi connectivity index (χ2n) is 6.35. The number of benzene rings is 1. The Balaban J connectivity index is 1.63. The Bertz CT molecular complexity index is 470. The maximum Gasteiger partial charge on any atom is 0.252 e. The normalized spacial score (nSPS) is 18.3. The lowest BCUT2D eigenvalue weighted by Gasteiger charge is -2.26. The molecule has 0 aliphatic carbocycles. The largest absolute Gasteiger partial charge is 0.380 e. The molecular formula is C18H28N2O3. The molecule has 0 radical (unpaired) electrons. The van der Waals surface area contributed by atoms with Crippen LogP contribution in [0.25, 0.3) is 0 Å². The van der Waals surface area contributed by atoms with E-state index < -0.39 is 5.60 Å². The summed E-state index contributed by atoms with van der Waals surface area (Å²) in [5.41, 5.74) is -0.411. The first-order valence-electron chi connectivity index (χ1n) is 8.43. The van der Waals surface area contributed by atoms with Gasteiger partial charge in [-0.05, 0) is 31.9 Å². The molecule has 5 nitrogen and oxygen atoms in total. The third kappa shape index (κ3) is 6.29. The number of aliphatic hydroxyl groups is 1. The molecule has 128 valence electrons. The average molecular weight is 320 g/mol. The number of carbonyl (C=O) groups excluding carboxylic acids is 1. The molecule has 0 bridgehead atoms. The molecule has 1 heterocycles. The number of ether oxygens (including phenoxy) is 1. The predicted molar refractivity (Wildman–Crippen MR) is 90.3 cm³/mol. The number of hydrogen-bond acceptors (Lipinski definition) is 4. The smallest absolute Gasteiger partial charge is 0.252 e. The van der Waals surface area contributed by atoms with Gasteiger partial charge in [0, 0.05) is 26.1 Å². The molecule has 1 saturated heterocycles. The lowest BCUT2D eigenvalue weighted by molar-refractivity contribution is -0.137. The molecular weight excluding hydrogens is 292 g/mol. The topological polar surface area (TPSA) is 61.8 Å². The number of amides is 1. The number of hydrogen-bond donors (Lipinski definition) is 2. The van der Waals surface area contributed by atoms with Crippen LogP contribution < -0.4 is 5.32 Å². The van der Waals surface area contributed by atoms with Crippen LogP contribution in [0.2, 0.25) is 0 Å². The zero-order valence-corrected chi connectivity index (χ0v) is 14.0. The van der Waals surface area contributed by atoms with E-state index in [1.54, 1.807) is 6.92 Å². The van der Waals surface area contributed by atoms with Gasteiger partial charge >= 0.3 is 0 Å². The van der Waals surface area contributed by atoms with Crippen molar-refractivity contribution in [3.63, 3.8) is 0 Å². The maximum absolute atomic E-state index is 12.1. The minimum absolute atomic E-state index is 0.298. The fraction of sp³-hybridized carbons (Fsp3) is 0.611. The summed E-state index contributed by atoms with van der Waals surface area (Å²) >= 11 is 0. The Labute approximate surface area is 138 Å². The van der Waals surface area contributed by atoms with E-state index in [0.717, 1.165) is 51.3 Å². The molecule has 1 amide bonds. The van der Waals surface area contributed by atoms with Gasteiger partial charge in [-0.2, -0.15) is 0 Å². The number of rotatable bonds is 8. The molecule has 23 heavy (non-hydrogen) atoms. The second-order valence-corrected chi connectivity index (χ2v) is 6.35. The molecule has 1 aliphatic heterocycles. The second kappa shape index (κ2) is 9.01. The Morgan fingerprint density at radius 3 is 2.65 bits per heavy atom. The highest BCUT2D eigenvalue weighted by atomic mass is 16.5. The van der Waals surface area contributed by atoms with E-state index in [-0.39, 0.29) is 5.91 Å². The van der Waals surface area contributed by atoms with Crippen LogP contribution in [0.15, 0.2) is 30.3 Å². The number of carbonyl (C=O) groups is 1. The minimum Gasteiger partial charge on any atom is -0.380 e. The van der Waals surface area contributed by atoms with E-state index in [0.29, 0.717) is 13.0 Å². The molecule has 1 unspecified atom stereocenters. The molecule has 1 aliphatic rings. The quantitative estimate of drug-likeness (QED) is 0.707. The van der Waals surface area contributed by atoms with Crippen LogP contribution in [-0.2, 0) is 16.0 Å². The number of morpholine rings is 1. The Kier molecular flexibility index (Phi) is 7.02. The van der Waals surface area contributed by atoms with Crippen molar-refractivity contribution in [3.8, 4) is 0 Å². The van der Waals surface area contributed by atoms with E-state index in [9.17, 15) is 9.90 Å². The van der Waals surface area contributed by atoms with Crippen molar-refractivity contribution in [1.82, 2.24) is 10.2 Å². The Morgan fingerprint density at radius 1 is 1.26 bits per heavy atom. The monoisotopic (exact) mass is 320 g/mol. The van der Waals surface area contributed by atoms with Gasteiger partial charge in [-0.3, -0.25) is 9.69 Å². The van der Waals surface area contributed by atoms with Crippen molar-refractivity contribution in [3.05, 3.63) is 35.9 Å². The lowest BCUT2D eigenvalue weighted by atomic mass is 9.95. The van der Waals surface area contributed by atoms with Crippen molar-refractivity contribution in [1.29, 1.82) is 0 Å². The number of nitrogens with zero attached hydrogens (tertiary/aromatic N) is 1. The molecule has 2 rings (SSSR count). The van der Waals surface area contributed by atoms with E-state index in [4.69, 9.17) is 4.74 Å². The molecule has 0 spiro atoms. The van der Waals surface area contributed by atoms with Gasteiger partial charge in [0.05, 0.1) is 13.2 Å². The molecule has 0 saturated carbocycles. The highest BCUT2D eigenvalue weighted by Gasteiger charge is 2.29. The fourth-order valence-electron chi connectivity index (χ4n) is 2.75. The molecule has 1 atom stereocenters. The summed E-state index contributed by atoms with van der Waals surface area (Å²) in [5, 5.41) is 13.2. The van der Waals surface area contributed by atoms with Crippen molar-refractivity contribution >= 4 is 5.91 Å². The first-order chi connectivity index (χ1) is 11.1. The van der Waals surface area contributed by atoms with Crippen LogP contribution in [0.3, 0.4) is 0 Å². The third-order valence-corrected chi connectivity index (χ3v) is 4.17. The Hall–Kier alpha value is -1.43. The van der Waals surface area contributed by atoms with Crippen LogP contribution in [0.4, 0.5) is 0 Å². The first-order valence-corrected chi connectivity index (χ1v) is 8.43. The van der Waals surface area contributed by atoms with Crippen molar-refractivity contribution < 1.29 is 14.6 Å². The lowest BCUT2D eigenvalue weighted by Crippen LogP contribution is -2.46. The van der Waals surface area contributed by atoms with E-state index >= 15 is 0 Å². The SMILES string of the molecule is CC(O)(Cc1ccccc1)C(=O)NCCCCN1CCOCC1. The number of unbranched alkanes of at least 4 members (excludes halogenated alkanes) is 1. The third-order valence-electron chi connectivity index (χ3n) is 4.17. The van der Waals surface area contributed by atoms with Gasteiger partial charge in [-0.25, -0.2) is 0 Å². The van der Waals surface area contributed by atoms with Crippen LogP contribution in [0.5, 0.6) is 0 Å². The summed E-state index contributed by atoms with van der Waals surface area (Å²) in [6.07, 6.45) is 2.29. The van der Waals surface area contributed by atoms with Crippen LogP contribution in [-0.4, -0.2) is 60.9 Å². The molecule has 5 heteroatoms. The first kappa shape index (κ1) is 17.9. The zero-order valence-electron chi connectivity index (χ0n) is 14.0. The predicted octanol–water partition coefficient (Wildman–Crippen LogP) is 1.21. The standard InChI is InChI=1S/C18H28N2O3/c1-18(22,15-16-7-3-2-4-8-16)17(21)19-9-5-6-10-20-11-13-23-14-12-20/h2-4,7-8,22H,5-6,9-15H2,1H3,(H,19,21). The number of nitrogens with one attached hydrogen (secondary N) is 1. The average Bonchev–Trinajstić information content (AvgIpc) is 2.56. The van der Waals surface area contributed by atoms with E-state index in [1.165, 1.54) is 0 Å². The molecule has 1 aromatic rings. The summed E-state index contributed by atoms with van der Waals surface area (Å²) in [4.78, 5) is 14.5. The van der Waals surface area contributed by atoms with E-state index in [1.807, 2.05) is 30.3 Å². The fourth-order valence-corrected chi connectivity index (χ4v) is 2.75. The summed E-state index contributed by atoms with van der Waals surface area (Å²) in [7, 11) is 0. The summed E-state index contributed by atoms with van der Waals surface area (Å²) in [6, 6.07) is 9.59. The van der Waals surface area contributed by atoms with Crippen LogP contribution in [0, 0.1) is 0 Å². The van der Waals surface area contributed by atoms with Gasteiger partial charge in [0.25, 0.3) is 5.91 Å². The van der Waals surface area contributed by atoms with Gasteiger partial charge in [0.1, 0.15) is 5.60 Å². The molecule has 2 N–H and O–H groups in total. The van der Waals surface area contributed by atoms with Gasteiger partial charge in [0.2, 0.25) is 0 Å². The molecule has 1 aromatic carbocycles. The minimum atomic E-state index is -1.37.